The fourth-order valence-electron chi connectivity index (χ4n) is 6.38. The number of esters is 3. The second-order valence-corrected chi connectivity index (χ2v) is 17.0. The maximum Gasteiger partial charge on any atom is 0.306 e. The van der Waals surface area contributed by atoms with Gasteiger partial charge in [0, 0.05) is 19.3 Å². The van der Waals surface area contributed by atoms with Crippen LogP contribution in [0.15, 0.2) is 182 Å². The summed E-state index contributed by atoms with van der Waals surface area (Å²) >= 11 is 0. The molecule has 0 N–H and O–H groups in total. The summed E-state index contributed by atoms with van der Waals surface area (Å²) in [6, 6.07) is 0. The molecule has 0 aromatic carbocycles. The molecule has 0 rings (SSSR count). The third-order valence-electron chi connectivity index (χ3n) is 10.4. The average molecular weight is 973 g/mol. The summed E-state index contributed by atoms with van der Waals surface area (Å²) in [5.74, 6) is -1.18. The van der Waals surface area contributed by atoms with Gasteiger partial charge in [0.05, 0.1) is 0 Å². The van der Waals surface area contributed by atoms with Crippen molar-refractivity contribution in [1.29, 1.82) is 0 Å². The lowest BCUT2D eigenvalue weighted by Crippen LogP contribution is -2.30. The standard InChI is InChI=1S/C65H96O6/c1-4-7-10-13-16-19-22-25-28-30-32-34-37-40-43-46-49-52-55-58-64(67)70-61-62(60-69-63(66)57-54-51-48-45-42-39-36-27-24-21-18-15-12-9-6-3)71-65(68)59-56-53-50-47-44-41-38-35-33-31-29-26-23-20-17-14-11-8-5-2/h7-8,10-11,16-21,25-29,32-36,40-45,49-50,52-53,62H,4-6,9,12-15,22-24,30-31,37-39,46-48,51,54-61H2,1-3H3/b10-7-,11-8-,19-16-,20-17-,21-18-,28-25-,29-26-,34-32-,35-33-,36-27-,43-40-,44-41-,45-42-,52-49-,53-50-/t62-/m0/s1. The van der Waals surface area contributed by atoms with Gasteiger partial charge in [-0.15, -0.1) is 0 Å². The molecule has 392 valence electrons. The minimum absolute atomic E-state index is 0.162. The maximum atomic E-state index is 12.8. The van der Waals surface area contributed by atoms with Gasteiger partial charge in [-0.25, -0.2) is 0 Å². The lowest BCUT2D eigenvalue weighted by atomic mass is 10.1. The van der Waals surface area contributed by atoms with Crippen LogP contribution in [0.2, 0.25) is 0 Å². The van der Waals surface area contributed by atoms with Crippen molar-refractivity contribution in [2.24, 2.45) is 0 Å². The Morgan fingerprint density at radius 3 is 0.887 bits per heavy atom. The molecule has 0 saturated heterocycles. The van der Waals surface area contributed by atoms with Gasteiger partial charge >= 0.3 is 17.9 Å². The first-order chi connectivity index (χ1) is 35.0. The van der Waals surface area contributed by atoms with Gasteiger partial charge < -0.3 is 14.2 Å². The molecule has 0 aromatic rings. The monoisotopic (exact) mass is 973 g/mol. The van der Waals surface area contributed by atoms with Crippen LogP contribution in [0, 0.1) is 0 Å². The Labute approximate surface area is 434 Å². The Hall–Kier alpha value is -5.49. The van der Waals surface area contributed by atoms with E-state index in [0.29, 0.717) is 19.3 Å². The molecule has 0 saturated carbocycles. The lowest BCUT2D eigenvalue weighted by molar-refractivity contribution is -0.166. The fraction of sp³-hybridized carbons (Fsp3) is 0.492. The predicted octanol–water partition coefficient (Wildman–Crippen LogP) is 18.5. The molecule has 0 fully saturated rings. The summed E-state index contributed by atoms with van der Waals surface area (Å²) in [5.41, 5.74) is 0. The summed E-state index contributed by atoms with van der Waals surface area (Å²) in [4.78, 5) is 38.0. The molecule has 0 aliphatic heterocycles. The van der Waals surface area contributed by atoms with E-state index in [0.717, 1.165) is 109 Å². The van der Waals surface area contributed by atoms with Gasteiger partial charge in [-0.1, -0.05) is 216 Å². The largest absolute Gasteiger partial charge is 0.462 e. The highest BCUT2D eigenvalue weighted by Crippen LogP contribution is 2.08. The van der Waals surface area contributed by atoms with Crippen molar-refractivity contribution in [3.63, 3.8) is 0 Å². The van der Waals surface area contributed by atoms with Crippen molar-refractivity contribution in [2.75, 3.05) is 13.2 Å². The second-order valence-electron chi connectivity index (χ2n) is 17.0. The molecule has 0 bridgehead atoms. The van der Waals surface area contributed by atoms with E-state index >= 15 is 0 Å². The van der Waals surface area contributed by atoms with E-state index in [1.807, 2.05) is 24.3 Å². The van der Waals surface area contributed by atoms with Crippen LogP contribution in [-0.2, 0) is 28.6 Å². The number of ether oxygens (including phenoxy) is 3. The van der Waals surface area contributed by atoms with E-state index in [9.17, 15) is 14.4 Å². The van der Waals surface area contributed by atoms with Crippen LogP contribution in [0.5, 0.6) is 0 Å². The molecule has 0 spiro atoms. The van der Waals surface area contributed by atoms with E-state index in [4.69, 9.17) is 14.2 Å². The van der Waals surface area contributed by atoms with Crippen molar-refractivity contribution in [2.45, 2.75) is 194 Å². The highest BCUT2D eigenvalue weighted by Gasteiger charge is 2.19. The highest BCUT2D eigenvalue weighted by molar-refractivity contribution is 5.71. The van der Waals surface area contributed by atoms with Crippen LogP contribution in [-0.4, -0.2) is 37.2 Å². The van der Waals surface area contributed by atoms with Gasteiger partial charge in [-0.05, 0) is 135 Å². The molecule has 1 atom stereocenters. The Bertz CT molecular complexity index is 1730. The van der Waals surface area contributed by atoms with E-state index in [1.165, 1.54) is 19.3 Å². The quantitative estimate of drug-likeness (QED) is 0.0262. The van der Waals surface area contributed by atoms with Gasteiger partial charge in [-0.3, -0.25) is 14.4 Å². The first kappa shape index (κ1) is 65.5. The highest BCUT2D eigenvalue weighted by atomic mass is 16.6. The first-order valence-electron chi connectivity index (χ1n) is 27.3. The summed E-state index contributed by atoms with van der Waals surface area (Å²) < 4.78 is 16.6. The SMILES string of the molecule is CC/C=C\C/C=C\C/C=C\C/C=C\C/C=C\C/C=C\CCC(=O)OC[C@H](COC(=O)CCCC/C=C\C/C=C\C/C=C\CCCCC)OC(=O)CC/C=C\C/C=C\C/C=C\C/C=C\C/C=C\C/C=C\CC. The molecular formula is C65H96O6. The third-order valence-corrected chi connectivity index (χ3v) is 10.4. The lowest BCUT2D eigenvalue weighted by Gasteiger charge is -2.18. The average Bonchev–Trinajstić information content (AvgIpc) is 3.37. The molecule has 71 heavy (non-hydrogen) atoms. The zero-order valence-corrected chi connectivity index (χ0v) is 44.6. The van der Waals surface area contributed by atoms with Gasteiger partial charge in [0.25, 0.3) is 0 Å². The molecule has 6 heteroatoms. The Kier molecular flexibility index (Phi) is 52.7. The Morgan fingerprint density at radius 2 is 0.563 bits per heavy atom. The van der Waals surface area contributed by atoms with Crippen LogP contribution in [0.3, 0.4) is 0 Å². The molecule has 0 heterocycles. The number of carbonyl (C=O) groups excluding carboxylic acids is 3. The van der Waals surface area contributed by atoms with Gasteiger partial charge in [0.15, 0.2) is 6.10 Å². The molecular weight excluding hydrogens is 877 g/mol. The topological polar surface area (TPSA) is 78.9 Å². The Morgan fingerprint density at radius 1 is 0.296 bits per heavy atom. The molecule has 0 unspecified atom stereocenters. The molecule has 0 aromatic heterocycles. The molecule has 0 aliphatic rings. The van der Waals surface area contributed by atoms with Crippen LogP contribution < -0.4 is 0 Å². The van der Waals surface area contributed by atoms with Crippen LogP contribution in [0.4, 0.5) is 0 Å². The number of carbonyl (C=O) groups is 3. The summed E-state index contributed by atoms with van der Waals surface area (Å²) in [6.45, 7) is 6.19. The van der Waals surface area contributed by atoms with Crippen LogP contribution in [0.1, 0.15) is 188 Å². The fourth-order valence-corrected chi connectivity index (χ4v) is 6.38. The van der Waals surface area contributed by atoms with Crippen molar-refractivity contribution < 1.29 is 28.6 Å². The summed E-state index contributed by atoms with van der Waals surface area (Å²) in [5, 5.41) is 0. The van der Waals surface area contributed by atoms with E-state index in [-0.39, 0.29) is 38.4 Å². The molecule has 0 amide bonds. The first-order valence-corrected chi connectivity index (χ1v) is 27.3. The summed E-state index contributed by atoms with van der Waals surface area (Å²) in [7, 11) is 0. The number of hydrogen-bond acceptors (Lipinski definition) is 6. The second kappa shape index (κ2) is 57.1. The zero-order chi connectivity index (χ0) is 51.4. The van der Waals surface area contributed by atoms with Gasteiger partial charge in [0.2, 0.25) is 0 Å². The van der Waals surface area contributed by atoms with Crippen molar-refractivity contribution in [3.8, 4) is 0 Å². The molecule has 0 aliphatic carbocycles. The Balaban J connectivity index is 4.72. The molecule has 6 nitrogen and oxygen atoms in total. The van der Waals surface area contributed by atoms with Crippen molar-refractivity contribution in [1.82, 2.24) is 0 Å². The maximum absolute atomic E-state index is 12.8. The third kappa shape index (κ3) is 55.3. The minimum Gasteiger partial charge on any atom is -0.462 e. The number of unbranched alkanes of at least 4 members (excludes halogenated alkanes) is 5. The predicted molar refractivity (Wildman–Crippen MR) is 306 cm³/mol. The number of hydrogen-bond donors (Lipinski definition) is 0. The van der Waals surface area contributed by atoms with Crippen molar-refractivity contribution >= 4 is 17.9 Å². The van der Waals surface area contributed by atoms with E-state index in [2.05, 4.69) is 179 Å². The van der Waals surface area contributed by atoms with Gasteiger partial charge in [0.1, 0.15) is 13.2 Å². The van der Waals surface area contributed by atoms with Crippen LogP contribution >= 0.6 is 0 Å². The van der Waals surface area contributed by atoms with Crippen molar-refractivity contribution in [3.05, 3.63) is 182 Å². The van der Waals surface area contributed by atoms with Crippen LogP contribution in [0.25, 0.3) is 0 Å². The normalized spacial score (nSPS) is 13.6. The molecule has 0 radical (unpaired) electrons. The number of allylic oxidation sites excluding steroid dienone is 30. The summed E-state index contributed by atoms with van der Waals surface area (Å²) in [6.07, 6.45) is 86.2. The van der Waals surface area contributed by atoms with Gasteiger partial charge in [-0.2, -0.15) is 0 Å². The smallest absolute Gasteiger partial charge is 0.306 e. The van der Waals surface area contributed by atoms with E-state index < -0.39 is 18.0 Å². The minimum atomic E-state index is -0.876. The number of rotatable bonds is 46. The van der Waals surface area contributed by atoms with E-state index in [1.54, 1.807) is 0 Å². The zero-order valence-electron chi connectivity index (χ0n) is 44.6.